The fraction of sp³-hybridized carbons (Fsp3) is 0.520. The van der Waals surface area contributed by atoms with Crippen LogP contribution < -0.4 is 9.04 Å². The summed E-state index contributed by atoms with van der Waals surface area (Å²) in [5.74, 6) is 1.18. The summed E-state index contributed by atoms with van der Waals surface area (Å²) in [4.78, 5) is 1.20. The molecular weight excluding hydrogens is 394 g/mol. The lowest BCUT2D eigenvalue weighted by Crippen LogP contribution is -2.34. The summed E-state index contributed by atoms with van der Waals surface area (Å²) in [6.45, 7) is 6.08. The summed E-state index contributed by atoms with van der Waals surface area (Å²) in [5.41, 5.74) is 4.22. The van der Waals surface area contributed by atoms with Gasteiger partial charge in [-0.15, -0.1) is 0 Å². The molecule has 2 aromatic rings. The van der Waals surface area contributed by atoms with Gasteiger partial charge in [0.05, 0.1) is 12.3 Å². The first kappa shape index (κ1) is 21.5. The molecular formula is C25H33NO3S. The number of aliphatic hydroxyl groups excluding tert-OH is 1. The topological polar surface area (TPSA) is 41.9 Å². The van der Waals surface area contributed by atoms with Gasteiger partial charge in [-0.2, -0.15) is 0 Å². The summed E-state index contributed by atoms with van der Waals surface area (Å²) in [5, 5.41) is 9.79. The SMILES string of the molecule is CCc1ccc2c(c1)CCC(C)N2Sc1ccc(OC(CO)C2CCOCC2)cc1. The van der Waals surface area contributed by atoms with E-state index in [1.54, 1.807) is 11.9 Å². The Kier molecular flexibility index (Phi) is 7.24. The summed E-state index contributed by atoms with van der Waals surface area (Å²) in [6.07, 6.45) is 5.16. The van der Waals surface area contributed by atoms with Gasteiger partial charge < -0.3 is 18.9 Å². The Labute approximate surface area is 184 Å². The van der Waals surface area contributed by atoms with Crippen molar-refractivity contribution in [3.63, 3.8) is 0 Å². The van der Waals surface area contributed by atoms with Crippen molar-refractivity contribution >= 4 is 17.6 Å². The highest BCUT2D eigenvalue weighted by molar-refractivity contribution is 8.00. The quantitative estimate of drug-likeness (QED) is 0.610. The van der Waals surface area contributed by atoms with Crippen molar-refractivity contribution in [3.05, 3.63) is 53.6 Å². The number of rotatable bonds is 7. The van der Waals surface area contributed by atoms with Gasteiger partial charge in [0, 0.05) is 30.1 Å². The third-order valence-corrected chi connectivity index (χ3v) is 7.54. The molecule has 2 aliphatic rings. The monoisotopic (exact) mass is 427 g/mol. The number of hydrogen-bond donors (Lipinski definition) is 1. The largest absolute Gasteiger partial charge is 0.488 e. The first-order valence-electron chi connectivity index (χ1n) is 11.2. The minimum absolute atomic E-state index is 0.0446. The standard InChI is InChI=1S/C25H33NO3S/c1-3-19-5-11-24-21(16-19)6-4-18(2)26(24)30-23-9-7-22(8-10-23)29-25(17-27)20-12-14-28-15-13-20/h5,7-11,16,18,20,25,27H,3-4,6,12-15,17H2,1-2H3. The number of ether oxygens (including phenoxy) is 2. The normalized spacial score (nSPS) is 20.6. The van der Waals surface area contributed by atoms with Gasteiger partial charge in [0.1, 0.15) is 11.9 Å². The summed E-state index contributed by atoms with van der Waals surface area (Å²) in [7, 11) is 0. The number of benzene rings is 2. The van der Waals surface area contributed by atoms with Crippen LogP contribution in [0.25, 0.3) is 0 Å². The van der Waals surface area contributed by atoms with Gasteiger partial charge in [-0.3, -0.25) is 0 Å². The van der Waals surface area contributed by atoms with Crippen LogP contribution in [0.4, 0.5) is 5.69 Å². The molecule has 1 fully saturated rings. The van der Waals surface area contributed by atoms with Crippen LogP contribution in [0.2, 0.25) is 0 Å². The fourth-order valence-corrected chi connectivity index (χ4v) is 5.42. The number of nitrogens with zero attached hydrogens (tertiary/aromatic N) is 1. The van der Waals surface area contributed by atoms with Gasteiger partial charge in [-0.05, 0) is 92.4 Å². The van der Waals surface area contributed by atoms with E-state index in [2.05, 4.69) is 48.5 Å². The van der Waals surface area contributed by atoms with Crippen LogP contribution in [0.5, 0.6) is 5.75 Å². The second-order valence-electron chi connectivity index (χ2n) is 8.38. The average Bonchev–Trinajstić information content (AvgIpc) is 2.80. The van der Waals surface area contributed by atoms with Crippen LogP contribution in [-0.2, 0) is 17.6 Å². The van der Waals surface area contributed by atoms with Crippen molar-refractivity contribution in [2.45, 2.75) is 63.0 Å². The lowest BCUT2D eigenvalue weighted by Gasteiger charge is -2.36. The zero-order chi connectivity index (χ0) is 20.9. The lowest BCUT2D eigenvalue weighted by atomic mass is 9.94. The lowest BCUT2D eigenvalue weighted by molar-refractivity contribution is -0.00306. The van der Waals surface area contributed by atoms with Crippen LogP contribution >= 0.6 is 11.9 Å². The molecule has 0 radical (unpaired) electrons. The van der Waals surface area contributed by atoms with E-state index >= 15 is 0 Å². The molecule has 30 heavy (non-hydrogen) atoms. The molecule has 4 nitrogen and oxygen atoms in total. The molecule has 4 rings (SSSR count). The molecule has 2 aliphatic heterocycles. The molecule has 2 aromatic carbocycles. The molecule has 162 valence electrons. The van der Waals surface area contributed by atoms with E-state index in [-0.39, 0.29) is 12.7 Å². The van der Waals surface area contributed by atoms with E-state index < -0.39 is 0 Å². The van der Waals surface area contributed by atoms with Crippen LogP contribution in [0, 0.1) is 5.92 Å². The van der Waals surface area contributed by atoms with Gasteiger partial charge in [-0.25, -0.2) is 0 Å². The fourth-order valence-electron chi connectivity index (χ4n) is 4.37. The van der Waals surface area contributed by atoms with E-state index in [9.17, 15) is 5.11 Å². The van der Waals surface area contributed by atoms with E-state index in [1.807, 2.05) is 12.1 Å². The van der Waals surface area contributed by atoms with Gasteiger partial charge >= 0.3 is 0 Å². The van der Waals surface area contributed by atoms with Crippen LogP contribution in [0.3, 0.4) is 0 Å². The molecule has 0 amide bonds. The Hall–Kier alpha value is -1.69. The second kappa shape index (κ2) is 10.1. The first-order chi connectivity index (χ1) is 14.7. The van der Waals surface area contributed by atoms with Crippen molar-refractivity contribution in [3.8, 4) is 5.75 Å². The molecule has 0 aromatic heterocycles. The predicted molar refractivity (Wildman–Crippen MR) is 123 cm³/mol. The molecule has 0 bridgehead atoms. The van der Waals surface area contributed by atoms with Crippen molar-refractivity contribution < 1.29 is 14.6 Å². The summed E-state index contributed by atoms with van der Waals surface area (Å²) in [6, 6.07) is 15.7. The zero-order valence-electron chi connectivity index (χ0n) is 18.0. The molecule has 2 unspecified atom stereocenters. The van der Waals surface area contributed by atoms with Crippen molar-refractivity contribution in [1.82, 2.24) is 0 Å². The van der Waals surface area contributed by atoms with Gasteiger partial charge in [0.15, 0.2) is 0 Å². The first-order valence-corrected chi connectivity index (χ1v) is 12.0. The van der Waals surface area contributed by atoms with Crippen LogP contribution in [0.15, 0.2) is 47.4 Å². The Morgan fingerprint density at radius 1 is 1.13 bits per heavy atom. The molecule has 1 N–H and O–H groups in total. The molecule has 0 saturated carbocycles. The number of fused-ring (bicyclic) bond motifs is 1. The maximum atomic E-state index is 9.79. The van der Waals surface area contributed by atoms with Crippen LogP contribution in [-0.4, -0.2) is 37.1 Å². The maximum Gasteiger partial charge on any atom is 0.125 e. The Bertz CT molecular complexity index is 820. The highest BCUT2D eigenvalue weighted by Gasteiger charge is 2.26. The van der Waals surface area contributed by atoms with Crippen LogP contribution in [0.1, 0.15) is 44.2 Å². The van der Waals surface area contributed by atoms with E-state index in [0.29, 0.717) is 12.0 Å². The van der Waals surface area contributed by atoms with E-state index in [4.69, 9.17) is 9.47 Å². The second-order valence-corrected chi connectivity index (χ2v) is 9.43. The Balaban J connectivity index is 1.43. The Morgan fingerprint density at radius 2 is 1.90 bits per heavy atom. The summed E-state index contributed by atoms with van der Waals surface area (Å²) < 4.78 is 14.0. The third kappa shape index (κ3) is 4.96. The third-order valence-electron chi connectivity index (χ3n) is 6.31. The van der Waals surface area contributed by atoms with Crippen molar-refractivity contribution in [2.24, 2.45) is 5.92 Å². The Morgan fingerprint density at radius 3 is 2.60 bits per heavy atom. The number of hydrogen-bond acceptors (Lipinski definition) is 5. The predicted octanol–water partition coefficient (Wildman–Crippen LogP) is 5.26. The van der Waals surface area contributed by atoms with Crippen molar-refractivity contribution in [1.29, 1.82) is 0 Å². The minimum Gasteiger partial charge on any atom is -0.488 e. The highest BCUT2D eigenvalue weighted by atomic mass is 32.2. The van der Waals surface area contributed by atoms with Gasteiger partial charge in [0.25, 0.3) is 0 Å². The van der Waals surface area contributed by atoms with E-state index in [0.717, 1.165) is 44.6 Å². The maximum absolute atomic E-state index is 9.79. The number of aliphatic hydroxyl groups is 1. The smallest absolute Gasteiger partial charge is 0.125 e. The molecule has 2 atom stereocenters. The highest BCUT2D eigenvalue weighted by Crippen LogP contribution is 2.39. The minimum atomic E-state index is -0.158. The number of aryl methyl sites for hydroxylation is 2. The molecule has 0 spiro atoms. The van der Waals surface area contributed by atoms with Crippen molar-refractivity contribution in [2.75, 3.05) is 24.1 Å². The zero-order valence-corrected chi connectivity index (χ0v) is 18.9. The number of anilines is 1. The van der Waals surface area contributed by atoms with Gasteiger partial charge in [0.2, 0.25) is 0 Å². The molecule has 0 aliphatic carbocycles. The average molecular weight is 428 g/mol. The van der Waals surface area contributed by atoms with E-state index in [1.165, 1.54) is 28.1 Å². The molecule has 5 heteroatoms. The summed E-state index contributed by atoms with van der Waals surface area (Å²) >= 11 is 1.80. The molecule has 2 heterocycles. The molecule has 1 saturated heterocycles. The van der Waals surface area contributed by atoms with Gasteiger partial charge in [-0.1, -0.05) is 19.1 Å².